The smallest absolute Gasteiger partial charge is 0.252 e. The lowest BCUT2D eigenvalue weighted by Crippen LogP contribution is -2.62. The molecular formula is C30H35BN2. The molecule has 1 aliphatic carbocycles. The van der Waals surface area contributed by atoms with Crippen LogP contribution in [-0.2, 0) is 0 Å². The molecule has 33 heavy (non-hydrogen) atoms. The standard InChI is InChI=1S/C30H35BN2/c1-32-26-19-12-10-17-24(26)31-25-18-11-13-20-27(25)33(29-22-14-21-28(32)30(29)31)23-15-8-6-4-2-3-5-7-9-16-23/h10-14,17-23H,2-9,15-16H2,1H3. The number of benzene rings is 3. The van der Waals surface area contributed by atoms with Crippen molar-refractivity contribution >= 4 is 45.9 Å². The van der Waals surface area contributed by atoms with Crippen molar-refractivity contribution < 1.29 is 0 Å². The van der Waals surface area contributed by atoms with E-state index in [-0.39, 0.29) is 0 Å². The van der Waals surface area contributed by atoms with Crippen molar-refractivity contribution in [2.24, 2.45) is 0 Å². The fourth-order valence-corrected chi connectivity index (χ4v) is 6.68. The SMILES string of the molecule is CN1c2ccccc2B2c3ccccc3N(C3CCCCCCCCCC3)c3cccc1c32. The van der Waals surface area contributed by atoms with Gasteiger partial charge in [0.2, 0.25) is 0 Å². The molecule has 0 bridgehead atoms. The molecule has 2 aliphatic heterocycles. The molecule has 3 aliphatic rings. The van der Waals surface area contributed by atoms with Gasteiger partial charge in [0.05, 0.1) is 0 Å². The van der Waals surface area contributed by atoms with E-state index in [1.165, 1.54) is 103 Å². The van der Waals surface area contributed by atoms with Crippen LogP contribution in [0.2, 0.25) is 0 Å². The van der Waals surface area contributed by atoms with E-state index in [9.17, 15) is 0 Å². The van der Waals surface area contributed by atoms with E-state index in [0.717, 1.165) is 0 Å². The Morgan fingerprint density at radius 3 is 1.79 bits per heavy atom. The third-order valence-corrected chi connectivity index (χ3v) is 8.28. The Hall–Kier alpha value is -2.68. The van der Waals surface area contributed by atoms with Crippen LogP contribution in [0.1, 0.15) is 64.2 Å². The second-order valence-electron chi connectivity index (χ2n) is 10.2. The highest BCUT2D eigenvalue weighted by atomic mass is 15.2. The minimum atomic E-state index is 0.318. The first kappa shape index (κ1) is 20.9. The van der Waals surface area contributed by atoms with Gasteiger partial charge in [-0.2, -0.15) is 0 Å². The number of fused-ring (bicyclic) bond motifs is 4. The van der Waals surface area contributed by atoms with E-state index in [4.69, 9.17) is 0 Å². The molecular weight excluding hydrogens is 399 g/mol. The highest BCUT2D eigenvalue weighted by Crippen LogP contribution is 2.39. The first-order valence-corrected chi connectivity index (χ1v) is 13.2. The van der Waals surface area contributed by atoms with Gasteiger partial charge in [-0.25, -0.2) is 0 Å². The number of para-hydroxylation sites is 2. The summed E-state index contributed by atoms with van der Waals surface area (Å²) in [6.45, 7) is 0.318. The van der Waals surface area contributed by atoms with Crippen LogP contribution in [0.25, 0.3) is 0 Å². The molecule has 3 heteroatoms. The highest BCUT2D eigenvalue weighted by molar-refractivity contribution is 7.00. The van der Waals surface area contributed by atoms with Crippen molar-refractivity contribution in [1.82, 2.24) is 0 Å². The maximum absolute atomic E-state index is 2.75. The molecule has 0 atom stereocenters. The minimum absolute atomic E-state index is 0.318. The predicted molar refractivity (Wildman–Crippen MR) is 144 cm³/mol. The molecule has 0 radical (unpaired) electrons. The van der Waals surface area contributed by atoms with Crippen LogP contribution < -0.4 is 26.2 Å². The summed E-state index contributed by atoms with van der Waals surface area (Å²) in [5, 5.41) is 0. The second kappa shape index (κ2) is 8.93. The molecule has 0 N–H and O–H groups in total. The van der Waals surface area contributed by atoms with Gasteiger partial charge in [-0.05, 0) is 53.5 Å². The summed E-state index contributed by atoms with van der Waals surface area (Å²) in [6, 6.07) is 25.8. The minimum Gasteiger partial charge on any atom is -0.345 e. The van der Waals surface area contributed by atoms with Crippen LogP contribution in [0.3, 0.4) is 0 Å². The van der Waals surface area contributed by atoms with Gasteiger partial charge in [-0.1, -0.05) is 93.8 Å². The zero-order valence-corrected chi connectivity index (χ0v) is 20.0. The summed E-state index contributed by atoms with van der Waals surface area (Å²) < 4.78 is 0. The largest absolute Gasteiger partial charge is 0.345 e. The molecule has 1 saturated carbocycles. The van der Waals surface area contributed by atoms with Gasteiger partial charge in [-0.15, -0.1) is 0 Å². The Kier molecular flexibility index (Phi) is 5.66. The summed E-state index contributed by atoms with van der Waals surface area (Å²) in [4.78, 5) is 5.17. The van der Waals surface area contributed by atoms with E-state index in [2.05, 4.69) is 83.6 Å². The Morgan fingerprint density at radius 1 is 0.576 bits per heavy atom. The molecule has 0 saturated heterocycles. The second-order valence-corrected chi connectivity index (χ2v) is 10.2. The van der Waals surface area contributed by atoms with Gasteiger partial charge in [0, 0.05) is 35.8 Å². The molecule has 0 aromatic heterocycles. The number of hydrogen-bond donors (Lipinski definition) is 0. The molecule has 2 nitrogen and oxygen atoms in total. The molecule has 3 aromatic rings. The predicted octanol–water partition coefficient (Wildman–Crippen LogP) is 6.02. The van der Waals surface area contributed by atoms with E-state index in [1.807, 2.05) is 0 Å². The number of anilines is 4. The summed E-state index contributed by atoms with van der Waals surface area (Å²) in [7, 11) is 2.24. The molecule has 0 unspecified atom stereocenters. The van der Waals surface area contributed by atoms with E-state index in [0.29, 0.717) is 12.8 Å². The van der Waals surface area contributed by atoms with Crippen molar-refractivity contribution in [3.63, 3.8) is 0 Å². The molecule has 2 heterocycles. The third kappa shape index (κ3) is 3.57. The Labute approximate surface area is 199 Å². The molecule has 3 aromatic carbocycles. The Bertz CT molecular complexity index is 1130. The van der Waals surface area contributed by atoms with E-state index >= 15 is 0 Å². The zero-order chi connectivity index (χ0) is 22.2. The summed E-state index contributed by atoms with van der Waals surface area (Å²) >= 11 is 0. The molecule has 168 valence electrons. The summed E-state index contributed by atoms with van der Waals surface area (Å²) in [5.41, 5.74) is 10.0. The first-order chi connectivity index (χ1) is 16.3. The lowest BCUT2D eigenvalue weighted by Gasteiger charge is -2.46. The quantitative estimate of drug-likeness (QED) is 0.432. The lowest BCUT2D eigenvalue weighted by atomic mass is 9.33. The van der Waals surface area contributed by atoms with Crippen LogP contribution in [-0.4, -0.2) is 19.8 Å². The maximum atomic E-state index is 2.75. The molecule has 0 amide bonds. The topological polar surface area (TPSA) is 6.48 Å². The van der Waals surface area contributed by atoms with Crippen LogP contribution >= 0.6 is 0 Å². The number of rotatable bonds is 1. The number of hydrogen-bond acceptors (Lipinski definition) is 2. The van der Waals surface area contributed by atoms with Gasteiger partial charge < -0.3 is 9.80 Å². The lowest BCUT2D eigenvalue weighted by molar-refractivity contribution is 0.502. The highest BCUT2D eigenvalue weighted by Gasteiger charge is 2.42. The van der Waals surface area contributed by atoms with Crippen molar-refractivity contribution in [2.75, 3.05) is 16.8 Å². The van der Waals surface area contributed by atoms with Crippen LogP contribution in [0.5, 0.6) is 0 Å². The first-order valence-electron chi connectivity index (χ1n) is 13.2. The summed E-state index contributed by atoms with van der Waals surface area (Å²) in [6.07, 6.45) is 13.8. The maximum Gasteiger partial charge on any atom is 0.252 e. The normalized spacial score (nSPS) is 18.8. The van der Waals surface area contributed by atoms with Gasteiger partial charge in [0.15, 0.2) is 0 Å². The van der Waals surface area contributed by atoms with E-state index in [1.54, 1.807) is 0 Å². The van der Waals surface area contributed by atoms with E-state index < -0.39 is 0 Å². The summed E-state index contributed by atoms with van der Waals surface area (Å²) in [5.74, 6) is 0. The van der Waals surface area contributed by atoms with Gasteiger partial charge in [0.25, 0.3) is 6.71 Å². The van der Waals surface area contributed by atoms with Crippen molar-refractivity contribution in [2.45, 2.75) is 70.3 Å². The molecule has 0 spiro atoms. The molecule has 6 rings (SSSR count). The van der Waals surface area contributed by atoms with Crippen molar-refractivity contribution in [3.05, 3.63) is 66.7 Å². The monoisotopic (exact) mass is 434 g/mol. The van der Waals surface area contributed by atoms with Gasteiger partial charge in [-0.3, -0.25) is 0 Å². The van der Waals surface area contributed by atoms with Gasteiger partial charge >= 0.3 is 0 Å². The average Bonchev–Trinajstić information content (AvgIpc) is 2.92. The molecule has 1 fully saturated rings. The van der Waals surface area contributed by atoms with Crippen molar-refractivity contribution in [3.8, 4) is 0 Å². The van der Waals surface area contributed by atoms with Crippen molar-refractivity contribution in [1.29, 1.82) is 0 Å². The fourth-order valence-electron chi connectivity index (χ4n) is 6.68. The van der Waals surface area contributed by atoms with Gasteiger partial charge in [0.1, 0.15) is 0 Å². The zero-order valence-electron chi connectivity index (χ0n) is 20.0. The number of nitrogens with zero attached hydrogens (tertiary/aromatic N) is 2. The third-order valence-electron chi connectivity index (χ3n) is 8.28. The fraction of sp³-hybridized carbons (Fsp3) is 0.400. The Balaban J connectivity index is 1.50. The van der Waals surface area contributed by atoms with Crippen LogP contribution in [0, 0.1) is 0 Å². The Morgan fingerprint density at radius 2 is 1.09 bits per heavy atom. The van der Waals surface area contributed by atoms with Crippen LogP contribution in [0.15, 0.2) is 66.7 Å². The average molecular weight is 434 g/mol. The van der Waals surface area contributed by atoms with Crippen LogP contribution in [0.4, 0.5) is 22.7 Å².